The smallest absolute Gasteiger partial charge is 0.302 e. The molecule has 0 saturated heterocycles. The molecule has 3 aliphatic carbocycles. The van der Waals surface area contributed by atoms with Crippen LogP contribution in [0.1, 0.15) is 66.7 Å². The van der Waals surface area contributed by atoms with Crippen molar-refractivity contribution in [2.75, 3.05) is 0 Å². The summed E-state index contributed by atoms with van der Waals surface area (Å²) in [5, 5.41) is 22.2. The van der Waals surface area contributed by atoms with Crippen LogP contribution in [0.25, 0.3) is 0 Å². The fourth-order valence-corrected chi connectivity index (χ4v) is 6.72. The Kier molecular flexibility index (Phi) is 5.07. The van der Waals surface area contributed by atoms with Crippen LogP contribution >= 0.6 is 0 Å². The Morgan fingerprint density at radius 1 is 1.31 bits per heavy atom. The minimum absolute atomic E-state index is 0.104. The summed E-state index contributed by atoms with van der Waals surface area (Å²) in [6.07, 6.45) is 3.09. The summed E-state index contributed by atoms with van der Waals surface area (Å²) in [6, 6.07) is 0. The van der Waals surface area contributed by atoms with Crippen molar-refractivity contribution in [1.82, 2.24) is 0 Å². The molecule has 0 aromatic carbocycles. The zero-order valence-corrected chi connectivity index (χ0v) is 17.0. The average molecular weight is 365 g/mol. The standard InChI is InChI=1S/C22H36O4/c1-12(2)15-9-10-22(6,25)20-16(26-14(4)23)11-21(5)17(24)8-7-13(3)19(21)18(15)20/h12,15-20,24-25H,3,7-11H2,1-2,4-6H3/t15-,16+,17-,18+,19+,20-,21+,22-/m1/s1. The number of carbonyl (C=O) groups is 1. The molecule has 0 heterocycles. The molecule has 0 radical (unpaired) electrons. The summed E-state index contributed by atoms with van der Waals surface area (Å²) in [6.45, 7) is 14.4. The summed E-state index contributed by atoms with van der Waals surface area (Å²) in [4.78, 5) is 11.8. The highest BCUT2D eigenvalue weighted by molar-refractivity contribution is 5.66. The predicted octanol–water partition coefficient (Wildman–Crippen LogP) is 3.70. The van der Waals surface area contributed by atoms with Gasteiger partial charge in [-0.25, -0.2) is 0 Å². The lowest BCUT2D eigenvalue weighted by molar-refractivity contribution is -0.222. The molecular weight excluding hydrogens is 328 g/mol. The van der Waals surface area contributed by atoms with E-state index in [1.54, 1.807) is 0 Å². The van der Waals surface area contributed by atoms with E-state index in [2.05, 4.69) is 27.4 Å². The Labute approximate surface area is 158 Å². The average Bonchev–Trinajstić information content (AvgIpc) is 2.49. The van der Waals surface area contributed by atoms with Crippen molar-refractivity contribution in [3.05, 3.63) is 12.2 Å². The number of hydrogen-bond acceptors (Lipinski definition) is 4. The summed E-state index contributed by atoms with van der Waals surface area (Å²) < 4.78 is 5.78. The first-order valence-corrected chi connectivity index (χ1v) is 10.2. The molecule has 26 heavy (non-hydrogen) atoms. The summed E-state index contributed by atoms with van der Waals surface area (Å²) >= 11 is 0. The van der Waals surface area contributed by atoms with Crippen molar-refractivity contribution in [2.24, 2.45) is 35.0 Å². The Morgan fingerprint density at radius 2 is 1.96 bits per heavy atom. The fraction of sp³-hybridized carbons (Fsp3) is 0.864. The highest BCUT2D eigenvalue weighted by atomic mass is 16.5. The van der Waals surface area contributed by atoms with E-state index in [0.29, 0.717) is 18.3 Å². The maximum atomic E-state index is 11.8. The number of rotatable bonds is 2. The third kappa shape index (κ3) is 3.03. The molecule has 0 unspecified atom stereocenters. The monoisotopic (exact) mass is 364 g/mol. The number of aliphatic hydroxyl groups excluding tert-OH is 1. The van der Waals surface area contributed by atoms with Gasteiger partial charge in [0.2, 0.25) is 0 Å². The summed E-state index contributed by atoms with van der Waals surface area (Å²) in [7, 11) is 0. The van der Waals surface area contributed by atoms with E-state index in [-0.39, 0.29) is 35.2 Å². The van der Waals surface area contributed by atoms with Gasteiger partial charge < -0.3 is 14.9 Å². The molecule has 8 atom stereocenters. The van der Waals surface area contributed by atoms with Crippen LogP contribution < -0.4 is 0 Å². The van der Waals surface area contributed by atoms with Gasteiger partial charge in [0.05, 0.1) is 11.7 Å². The first-order valence-electron chi connectivity index (χ1n) is 10.2. The van der Waals surface area contributed by atoms with E-state index >= 15 is 0 Å². The SMILES string of the molecule is C=C1CC[C@@H](O)[C@]2(C)C[C@H](OC(C)=O)[C@@H]3[C@@H]([C@@H](C(C)C)CC[C@@]3(C)O)[C@H]12. The van der Waals surface area contributed by atoms with Gasteiger partial charge in [-0.15, -0.1) is 0 Å². The van der Waals surface area contributed by atoms with Gasteiger partial charge in [0.25, 0.3) is 0 Å². The van der Waals surface area contributed by atoms with Gasteiger partial charge in [-0.3, -0.25) is 4.79 Å². The zero-order chi connectivity index (χ0) is 19.4. The highest BCUT2D eigenvalue weighted by Gasteiger charge is 2.63. The second-order valence-corrected chi connectivity index (χ2v) is 9.96. The normalized spacial score (nSPS) is 48.7. The molecule has 0 aromatic heterocycles. The van der Waals surface area contributed by atoms with Crippen LogP contribution in [0.3, 0.4) is 0 Å². The van der Waals surface area contributed by atoms with E-state index in [1.165, 1.54) is 12.5 Å². The molecule has 148 valence electrons. The number of fused-ring (bicyclic) bond motifs is 3. The molecule has 3 saturated carbocycles. The van der Waals surface area contributed by atoms with E-state index in [1.807, 2.05) is 6.92 Å². The van der Waals surface area contributed by atoms with Crippen LogP contribution in [-0.2, 0) is 9.53 Å². The Hall–Kier alpha value is -0.870. The number of esters is 1. The Balaban J connectivity index is 2.13. The van der Waals surface area contributed by atoms with Crippen molar-refractivity contribution in [1.29, 1.82) is 0 Å². The van der Waals surface area contributed by atoms with Gasteiger partial charge in [0.1, 0.15) is 6.10 Å². The number of hydrogen-bond donors (Lipinski definition) is 2. The summed E-state index contributed by atoms with van der Waals surface area (Å²) in [5.74, 6) is 0.859. The van der Waals surface area contributed by atoms with Crippen molar-refractivity contribution >= 4 is 5.97 Å². The van der Waals surface area contributed by atoms with Crippen LogP contribution in [0.4, 0.5) is 0 Å². The first-order chi connectivity index (χ1) is 12.0. The van der Waals surface area contributed by atoms with Gasteiger partial charge >= 0.3 is 5.97 Å². The van der Waals surface area contributed by atoms with Crippen molar-refractivity contribution in [3.8, 4) is 0 Å². The Morgan fingerprint density at radius 3 is 2.54 bits per heavy atom. The second-order valence-electron chi connectivity index (χ2n) is 9.96. The molecule has 0 spiro atoms. The maximum Gasteiger partial charge on any atom is 0.302 e. The van der Waals surface area contributed by atoms with Gasteiger partial charge in [0.15, 0.2) is 0 Å². The first kappa shape index (κ1) is 19.9. The molecule has 3 rings (SSSR count). The molecule has 0 amide bonds. The van der Waals surface area contributed by atoms with Crippen molar-refractivity contribution in [2.45, 2.75) is 84.5 Å². The Bertz CT molecular complexity index is 581. The maximum absolute atomic E-state index is 11.8. The highest BCUT2D eigenvalue weighted by Crippen LogP contribution is 2.63. The molecule has 0 aliphatic heterocycles. The van der Waals surface area contributed by atoms with E-state index < -0.39 is 11.7 Å². The minimum Gasteiger partial charge on any atom is -0.462 e. The molecule has 4 nitrogen and oxygen atoms in total. The zero-order valence-electron chi connectivity index (χ0n) is 17.0. The lowest BCUT2D eigenvalue weighted by Gasteiger charge is -2.63. The van der Waals surface area contributed by atoms with E-state index in [9.17, 15) is 15.0 Å². The van der Waals surface area contributed by atoms with Crippen LogP contribution in [0, 0.1) is 35.0 Å². The molecule has 3 fully saturated rings. The minimum atomic E-state index is -0.861. The quantitative estimate of drug-likeness (QED) is 0.579. The largest absolute Gasteiger partial charge is 0.462 e. The molecule has 0 aromatic rings. The molecule has 2 N–H and O–H groups in total. The summed E-state index contributed by atoms with van der Waals surface area (Å²) in [5.41, 5.74) is -0.00500. The number of ether oxygens (including phenoxy) is 1. The van der Waals surface area contributed by atoms with Crippen LogP contribution in [0.2, 0.25) is 0 Å². The van der Waals surface area contributed by atoms with Gasteiger partial charge in [-0.05, 0) is 62.7 Å². The van der Waals surface area contributed by atoms with Gasteiger partial charge in [-0.2, -0.15) is 0 Å². The number of allylic oxidation sites excluding steroid dienone is 1. The molecule has 4 heteroatoms. The van der Waals surface area contributed by atoms with E-state index in [4.69, 9.17) is 4.74 Å². The third-order valence-electron chi connectivity index (χ3n) is 7.86. The third-order valence-corrected chi connectivity index (χ3v) is 7.86. The second kappa shape index (κ2) is 6.63. The molecule has 3 aliphatic rings. The van der Waals surface area contributed by atoms with Crippen molar-refractivity contribution < 1.29 is 19.7 Å². The number of aliphatic hydroxyl groups is 2. The van der Waals surface area contributed by atoms with Crippen molar-refractivity contribution in [3.63, 3.8) is 0 Å². The molecular formula is C22H36O4. The van der Waals surface area contributed by atoms with Gasteiger partial charge in [-0.1, -0.05) is 32.9 Å². The van der Waals surface area contributed by atoms with Crippen LogP contribution in [0.15, 0.2) is 12.2 Å². The molecule has 0 bridgehead atoms. The predicted molar refractivity (Wildman–Crippen MR) is 101 cm³/mol. The topological polar surface area (TPSA) is 66.8 Å². The van der Waals surface area contributed by atoms with E-state index in [0.717, 1.165) is 25.7 Å². The van der Waals surface area contributed by atoms with Crippen LogP contribution in [0.5, 0.6) is 0 Å². The lowest BCUT2D eigenvalue weighted by atomic mass is 9.43. The van der Waals surface area contributed by atoms with Gasteiger partial charge in [0, 0.05) is 18.3 Å². The fourth-order valence-electron chi connectivity index (χ4n) is 6.72. The lowest BCUT2D eigenvalue weighted by Crippen LogP contribution is -2.65. The number of carbonyl (C=O) groups excluding carboxylic acids is 1. The van der Waals surface area contributed by atoms with Crippen LogP contribution in [-0.4, -0.2) is 34.0 Å².